The number of methoxy groups -OCH3 is 1. The molecule has 1 N–H and O–H groups in total. The van der Waals surface area contributed by atoms with Gasteiger partial charge in [-0.15, -0.1) is 9.24 Å². The Morgan fingerprint density at radius 3 is 1.70 bits per heavy atom. The minimum absolute atomic E-state index is 0.736. The van der Waals surface area contributed by atoms with Gasteiger partial charge in [0.2, 0.25) is 0 Å². The van der Waals surface area contributed by atoms with Crippen molar-refractivity contribution in [2.24, 2.45) is 0 Å². The maximum Gasteiger partial charge on any atom is 0.397 e. The van der Waals surface area contributed by atoms with E-state index in [-0.39, 0.29) is 0 Å². The zero-order valence-corrected chi connectivity index (χ0v) is 7.74. The molecule has 0 radical (unpaired) electrons. The third-order valence-electron chi connectivity index (χ3n) is 0.377. The Balaban J connectivity index is 0. The van der Waals surface area contributed by atoms with Crippen molar-refractivity contribution in [2.75, 3.05) is 20.6 Å². The molecule has 5 nitrogen and oxygen atoms in total. The Kier molecular flexibility index (Phi) is 9.50. The van der Waals surface area contributed by atoms with Crippen LogP contribution in [0.3, 0.4) is 0 Å². The topological polar surface area (TPSA) is 72.8 Å². The second-order valence-electron chi connectivity index (χ2n) is 1.05. The molecule has 0 heterocycles. The first-order valence-corrected chi connectivity index (χ1v) is 4.38. The summed E-state index contributed by atoms with van der Waals surface area (Å²) in [5.41, 5.74) is 0. The maximum atomic E-state index is 9.33. The van der Waals surface area contributed by atoms with E-state index < -0.39 is 10.4 Å². The van der Waals surface area contributed by atoms with Gasteiger partial charge in [-0.1, -0.05) is 0 Å². The standard InChI is InChI=1S/C2H7OP.CH4O4S/c1-3-2-4;1-5-6(2,3)4/h2,4H2,1H3;1H3,(H,2,3,4). The average Bonchev–Trinajstić information content (AvgIpc) is 1.87. The van der Waals surface area contributed by atoms with Crippen LogP contribution in [-0.4, -0.2) is 33.5 Å². The van der Waals surface area contributed by atoms with Gasteiger partial charge in [-0.2, -0.15) is 8.42 Å². The SMILES string of the molecule is COCP.COS(=O)(=O)O. The Morgan fingerprint density at radius 1 is 1.50 bits per heavy atom. The van der Waals surface area contributed by atoms with E-state index in [1.54, 1.807) is 7.11 Å². The molecule has 1 atom stereocenters. The summed E-state index contributed by atoms with van der Waals surface area (Å²) in [4.78, 5) is 0. The lowest BCUT2D eigenvalue weighted by Gasteiger charge is -1.82. The summed E-state index contributed by atoms with van der Waals surface area (Å²) in [6.07, 6.45) is 0.736. The van der Waals surface area contributed by atoms with Crippen LogP contribution in [0.1, 0.15) is 0 Å². The molecule has 0 amide bonds. The quantitative estimate of drug-likeness (QED) is 0.486. The van der Waals surface area contributed by atoms with Crippen LogP contribution in [-0.2, 0) is 19.3 Å². The summed E-state index contributed by atoms with van der Waals surface area (Å²) in [7, 11) is 0.801. The van der Waals surface area contributed by atoms with Gasteiger partial charge in [-0.25, -0.2) is 0 Å². The van der Waals surface area contributed by atoms with Gasteiger partial charge < -0.3 is 4.74 Å². The van der Waals surface area contributed by atoms with E-state index in [0.717, 1.165) is 13.5 Å². The van der Waals surface area contributed by atoms with Gasteiger partial charge in [0.05, 0.1) is 13.5 Å². The predicted molar refractivity (Wildman–Crippen MR) is 40.1 cm³/mol. The zero-order chi connectivity index (χ0) is 8.62. The van der Waals surface area contributed by atoms with Crippen LogP contribution in [0.25, 0.3) is 0 Å². The van der Waals surface area contributed by atoms with Crippen molar-refractivity contribution < 1.29 is 21.9 Å². The van der Waals surface area contributed by atoms with Crippen LogP contribution in [0, 0.1) is 0 Å². The second-order valence-corrected chi connectivity index (χ2v) is 2.57. The summed E-state index contributed by atoms with van der Waals surface area (Å²) in [6, 6.07) is 0. The Bertz CT molecular complexity index is 139. The molecule has 0 aliphatic heterocycles. The summed E-state index contributed by atoms with van der Waals surface area (Å²) < 4.78 is 34.2. The van der Waals surface area contributed by atoms with E-state index in [2.05, 4.69) is 18.2 Å². The van der Waals surface area contributed by atoms with Gasteiger partial charge in [0.1, 0.15) is 0 Å². The number of rotatable bonds is 2. The van der Waals surface area contributed by atoms with Gasteiger partial charge in [-0.05, 0) is 0 Å². The number of ether oxygens (including phenoxy) is 1. The van der Waals surface area contributed by atoms with Gasteiger partial charge >= 0.3 is 10.4 Å². The van der Waals surface area contributed by atoms with E-state index >= 15 is 0 Å². The zero-order valence-electron chi connectivity index (χ0n) is 5.77. The molecule has 0 aromatic heterocycles. The van der Waals surface area contributed by atoms with Crippen LogP contribution in [0.2, 0.25) is 0 Å². The fourth-order valence-corrected chi connectivity index (χ4v) is 0. The Hall–Kier alpha value is 0.260. The lowest BCUT2D eigenvalue weighted by atomic mass is 11.5. The summed E-state index contributed by atoms with van der Waals surface area (Å²) in [5, 5.41) is 0. The van der Waals surface area contributed by atoms with Crippen molar-refractivity contribution in [3.8, 4) is 0 Å². The Labute approximate surface area is 62.9 Å². The van der Waals surface area contributed by atoms with Crippen LogP contribution in [0.5, 0.6) is 0 Å². The molecular weight excluding hydrogens is 179 g/mol. The van der Waals surface area contributed by atoms with Crippen molar-refractivity contribution in [1.29, 1.82) is 0 Å². The van der Waals surface area contributed by atoms with Crippen molar-refractivity contribution in [2.45, 2.75) is 0 Å². The van der Waals surface area contributed by atoms with Crippen LogP contribution in [0.4, 0.5) is 0 Å². The minimum atomic E-state index is -4.16. The lowest BCUT2D eigenvalue weighted by molar-refractivity contribution is 0.258. The smallest absolute Gasteiger partial charge is 0.381 e. The molecule has 0 spiro atoms. The average molecular weight is 190 g/mol. The van der Waals surface area contributed by atoms with E-state index in [4.69, 9.17) is 4.55 Å². The molecular formula is C3H11O5PS. The highest BCUT2D eigenvalue weighted by molar-refractivity contribution is 7.80. The molecule has 0 rings (SSSR count). The summed E-state index contributed by atoms with van der Waals surface area (Å²) in [6.45, 7) is 0. The molecule has 0 aliphatic rings. The van der Waals surface area contributed by atoms with E-state index in [1.165, 1.54) is 0 Å². The third-order valence-corrected chi connectivity index (χ3v) is 1.13. The third kappa shape index (κ3) is 24.0. The molecule has 1 unspecified atom stereocenters. The molecule has 0 aromatic rings. The van der Waals surface area contributed by atoms with Crippen molar-refractivity contribution in [1.82, 2.24) is 0 Å². The first-order chi connectivity index (χ1) is 4.47. The Morgan fingerprint density at radius 2 is 1.70 bits per heavy atom. The largest absolute Gasteiger partial charge is 0.397 e. The molecule has 0 fully saturated rings. The first-order valence-electron chi connectivity index (χ1n) is 2.20. The highest BCUT2D eigenvalue weighted by atomic mass is 32.3. The summed E-state index contributed by atoms with van der Waals surface area (Å²) >= 11 is 0. The van der Waals surface area contributed by atoms with Gasteiger partial charge in [0.25, 0.3) is 0 Å². The van der Waals surface area contributed by atoms with Crippen LogP contribution in [0.15, 0.2) is 0 Å². The molecule has 0 saturated heterocycles. The predicted octanol–water partition coefficient (Wildman–Crippen LogP) is -0.0990. The molecule has 0 bridgehead atoms. The van der Waals surface area contributed by atoms with E-state index in [1.807, 2.05) is 0 Å². The van der Waals surface area contributed by atoms with Gasteiger partial charge in [0.15, 0.2) is 0 Å². The van der Waals surface area contributed by atoms with Crippen LogP contribution >= 0.6 is 9.24 Å². The van der Waals surface area contributed by atoms with E-state index in [9.17, 15) is 8.42 Å². The number of hydrogen-bond acceptors (Lipinski definition) is 4. The fraction of sp³-hybridized carbons (Fsp3) is 1.00. The van der Waals surface area contributed by atoms with Crippen molar-refractivity contribution in [3.05, 3.63) is 0 Å². The monoisotopic (exact) mass is 190 g/mol. The highest BCUT2D eigenvalue weighted by Crippen LogP contribution is 1.75. The van der Waals surface area contributed by atoms with Crippen molar-refractivity contribution >= 4 is 19.6 Å². The molecule has 64 valence electrons. The normalized spacial score (nSPS) is 10.0. The maximum absolute atomic E-state index is 9.33. The van der Waals surface area contributed by atoms with Crippen molar-refractivity contribution in [3.63, 3.8) is 0 Å². The van der Waals surface area contributed by atoms with Gasteiger partial charge in [0, 0.05) is 7.11 Å². The minimum Gasteiger partial charge on any atom is -0.381 e. The van der Waals surface area contributed by atoms with E-state index in [0.29, 0.717) is 0 Å². The molecule has 0 saturated carbocycles. The first kappa shape index (κ1) is 12.9. The van der Waals surface area contributed by atoms with Crippen LogP contribution < -0.4 is 0 Å². The lowest BCUT2D eigenvalue weighted by Crippen LogP contribution is -1.96. The molecule has 7 heteroatoms. The molecule has 0 aromatic carbocycles. The summed E-state index contributed by atoms with van der Waals surface area (Å²) in [5.74, 6) is 0. The molecule has 10 heavy (non-hydrogen) atoms. The second kappa shape index (κ2) is 7.37. The van der Waals surface area contributed by atoms with Gasteiger partial charge in [-0.3, -0.25) is 8.74 Å². The number of hydrogen-bond donors (Lipinski definition) is 1. The fourth-order valence-electron chi connectivity index (χ4n) is 0. The molecule has 0 aliphatic carbocycles. The highest BCUT2D eigenvalue weighted by Gasteiger charge is 1.93.